The highest BCUT2D eigenvalue weighted by molar-refractivity contribution is 9.10. The van der Waals surface area contributed by atoms with Crippen LogP contribution in [0.1, 0.15) is 12.5 Å². The van der Waals surface area contributed by atoms with Crippen LogP contribution in [0.2, 0.25) is 0 Å². The van der Waals surface area contributed by atoms with Gasteiger partial charge in [-0.05, 0) is 24.6 Å². The molecule has 2 aromatic carbocycles. The summed E-state index contributed by atoms with van der Waals surface area (Å²) in [4.78, 5) is 11.4. The lowest BCUT2D eigenvalue weighted by Gasteiger charge is -2.19. The zero-order valence-electron chi connectivity index (χ0n) is 11.6. The Morgan fingerprint density at radius 1 is 1.19 bits per heavy atom. The summed E-state index contributed by atoms with van der Waals surface area (Å²) < 4.78 is 5.71. The fourth-order valence-corrected chi connectivity index (χ4v) is 1.97. The minimum Gasteiger partial charge on any atom is -0.487 e. The Morgan fingerprint density at radius 2 is 1.81 bits per heavy atom. The van der Waals surface area contributed by atoms with E-state index in [9.17, 15) is 10.0 Å². The van der Waals surface area contributed by atoms with E-state index in [1.165, 1.54) is 0 Å². The van der Waals surface area contributed by atoms with Gasteiger partial charge in [0, 0.05) is 0 Å². The first-order valence-electron chi connectivity index (χ1n) is 6.52. The Labute approximate surface area is 132 Å². The van der Waals surface area contributed by atoms with Crippen molar-refractivity contribution < 1.29 is 14.7 Å². The molecule has 0 spiro atoms. The number of anilines is 1. The van der Waals surface area contributed by atoms with Gasteiger partial charge in [0.1, 0.15) is 18.0 Å². The summed E-state index contributed by atoms with van der Waals surface area (Å²) in [6.45, 7) is 2.02. The van der Waals surface area contributed by atoms with Gasteiger partial charge < -0.3 is 4.74 Å². The van der Waals surface area contributed by atoms with Crippen molar-refractivity contribution in [2.24, 2.45) is 0 Å². The topological polar surface area (TPSA) is 49.8 Å². The monoisotopic (exact) mass is 349 g/mol. The molecule has 2 aromatic rings. The smallest absolute Gasteiger partial charge is 0.264 e. The van der Waals surface area contributed by atoms with Crippen molar-refractivity contribution in [1.29, 1.82) is 0 Å². The van der Waals surface area contributed by atoms with Gasteiger partial charge in [0.05, 0.1) is 4.83 Å². The molecule has 0 aromatic heterocycles. The summed E-state index contributed by atoms with van der Waals surface area (Å²) in [5.74, 6) is -0.00360. The molecule has 5 heteroatoms. The molecule has 21 heavy (non-hydrogen) atoms. The lowest BCUT2D eigenvalue weighted by Crippen LogP contribution is -2.32. The summed E-state index contributed by atoms with van der Waals surface area (Å²) in [6, 6.07) is 16.6. The number of alkyl halides is 1. The predicted octanol–water partition coefficient (Wildman–Crippen LogP) is 3.77. The maximum atomic E-state index is 11.8. The van der Waals surface area contributed by atoms with E-state index >= 15 is 0 Å². The van der Waals surface area contributed by atoms with Crippen LogP contribution < -0.4 is 9.80 Å². The van der Waals surface area contributed by atoms with Gasteiger partial charge in [-0.15, -0.1) is 0 Å². The van der Waals surface area contributed by atoms with Crippen LogP contribution in [-0.4, -0.2) is 15.9 Å². The van der Waals surface area contributed by atoms with E-state index in [4.69, 9.17) is 4.74 Å². The van der Waals surface area contributed by atoms with Crippen LogP contribution in [0.3, 0.4) is 0 Å². The van der Waals surface area contributed by atoms with E-state index in [-0.39, 0.29) is 0 Å². The van der Waals surface area contributed by atoms with E-state index in [0.29, 0.717) is 23.1 Å². The third-order valence-electron chi connectivity index (χ3n) is 2.88. The molecule has 0 radical (unpaired) electrons. The number of amides is 1. The predicted molar refractivity (Wildman–Crippen MR) is 84.9 cm³/mol. The second-order valence-electron chi connectivity index (χ2n) is 4.51. The molecule has 0 saturated heterocycles. The van der Waals surface area contributed by atoms with Gasteiger partial charge in [-0.1, -0.05) is 58.4 Å². The van der Waals surface area contributed by atoms with Crippen LogP contribution in [0, 0.1) is 0 Å². The largest absolute Gasteiger partial charge is 0.487 e. The summed E-state index contributed by atoms with van der Waals surface area (Å²) in [5, 5.41) is 10.6. The third kappa shape index (κ3) is 4.06. The van der Waals surface area contributed by atoms with Crippen molar-refractivity contribution in [2.75, 3.05) is 5.06 Å². The number of hydrogen-bond donors (Lipinski definition) is 1. The Hall–Kier alpha value is -1.85. The van der Waals surface area contributed by atoms with Gasteiger partial charge >= 0.3 is 0 Å². The van der Waals surface area contributed by atoms with Crippen LogP contribution >= 0.6 is 15.9 Å². The zero-order valence-corrected chi connectivity index (χ0v) is 13.2. The number of benzene rings is 2. The Morgan fingerprint density at radius 3 is 2.48 bits per heavy atom. The minimum absolute atomic E-state index is 0.324. The van der Waals surface area contributed by atoms with Gasteiger partial charge in [-0.2, -0.15) is 5.06 Å². The molecule has 110 valence electrons. The quantitative estimate of drug-likeness (QED) is 0.507. The van der Waals surface area contributed by atoms with Gasteiger partial charge in [0.15, 0.2) is 0 Å². The number of hydrogen-bond acceptors (Lipinski definition) is 3. The molecular formula is C16H16BrNO3. The number of ether oxygens (including phenoxy) is 1. The number of halogens is 1. The second kappa shape index (κ2) is 7.24. The molecule has 4 nitrogen and oxygen atoms in total. The second-order valence-corrected chi connectivity index (χ2v) is 5.88. The molecule has 0 fully saturated rings. The van der Waals surface area contributed by atoms with Crippen molar-refractivity contribution in [3.05, 3.63) is 60.2 Å². The number of nitrogens with zero attached hydrogens (tertiary/aromatic N) is 1. The maximum absolute atomic E-state index is 11.8. The fourth-order valence-electron chi connectivity index (χ4n) is 1.78. The Kier molecular flexibility index (Phi) is 5.36. The summed E-state index contributed by atoms with van der Waals surface area (Å²) >= 11 is 3.15. The first kappa shape index (κ1) is 15.5. The lowest BCUT2D eigenvalue weighted by molar-refractivity contribution is -0.122. The molecule has 0 aliphatic carbocycles. The molecule has 1 atom stereocenters. The van der Waals surface area contributed by atoms with Crippen molar-refractivity contribution in [3.8, 4) is 5.75 Å². The highest BCUT2D eigenvalue weighted by Gasteiger charge is 2.21. The number of carbonyl (C=O) groups excluding carboxylic acids is 1. The number of rotatable bonds is 5. The molecule has 2 rings (SSSR count). The van der Waals surface area contributed by atoms with E-state index in [1.807, 2.05) is 30.3 Å². The molecule has 1 unspecified atom stereocenters. The number of para-hydroxylation sites is 2. The average molecular weight is 350 g/mol. The van der Waals surface area contributed by atoms with Crippen LogP contribution in [0.5, 0.6) is 5.75 Å². The highest BCUT2D eigenvalue weighted by atomic mass is 79.9. The molecule has 1 amide bonds. The molecule has 0 heterocycles. The van der Waals surface area contributed by atoms with E-state index < -0.39 is 10.7 Å². The van der Waals surface area contributed by atoms with Gasteiger partial charge in [0.25, 0.3) is 5.91 Å². The normalized spacial score (nSPS) is 11.8. The SMILES string of the molecule is CC(Br)C(=O)N(O)c1ccccc1OCc1ccccc1. The van der Waals surface area contributed by atoms with Crippen molar-refractivity contribution >= 4 is 27.5 Å². The summed E-state index contributed by atoms with van der Waals surface area (Å²) in [5.41, 5.74) is 1.33. The van der Waals surface area contributed by atoms with Crippen LogP contribution in [0.15, 0.2) is 54.6 Å². The molecular weight excluding hydrogens is 334 g/mol. The van der Waals surface area contributed by atoms with Crippen LogP contribution in [-0.2, 0) is 11.4 Å². The minimum atomic E-state index is -0.482. The lowest BCUT2D eigenvalue weighted by atomic mass is 10.2. The fraction of sp³-hybridized carbons (Fsp3) is 0.188. The van der Waals surface area contributed by atoms with Gasteiger partial charge in [-0.25, -0.2) is 0 Å². The van der Waals surface area contributed by atoms with Crippen molar-refractivity contribution in [2.45, 2.75) is 18.4 Å². The van der Waals surface area contributed by atoms with Crippen LogP contribution in [0.25, 0.3) is 0 Å². The van der Waals surface area contributed by atoms with Crippen LogP contribution in [0.4, 0.5) is 5.69 Å². The number of carbonyl (C=O) groups is 1. The van der Waals surface area contributed by atoms with Crippen molar-refractivity contribution in [3.63, 3.8) is 0 Å². The molecule has 1 N–H and O–H groups in total. The van der Waals surface area contributed by atoms with E-state index in [0.717, 1.165) is 5.56 Å². The summed E-state index contributed by atoms with van der Waals surface area (Å²) in [6.07, 6.45) is 0. The first-order chi connectivity index (χ1) is 10.1. The molecule has 0 aliphatic heterocycles. The zero-order chi connectivity index (χ0) is 15.2. The maximum Gasteiger partial charge on any atom is 0.264 e. The molecule has 0 saturated carbocycles. The first-order valence-corrected chi connectivity index (χ1v) is 7.44. The Balaban J connectivity index is 2.15. The van der Waals surface area contributed by atoms with Crippen molar-refractivity contribution in [1.82, 2.24) is 0 Å². The van der Waals surface area contributed by atoms with E-state index in [2.05, 4.69) is 15.9 Å². The molecule has 0 bridgehead atoms. The molecule has 0 aliphatic rings. The highest BCUT2D eigenvalue weighted by Crippen LogP contribution is 2.28. The average Bonchev–Trinajstić information content (AvgIpc) is 2.52. The third-order valence-corrected chi connectivity index (χ3v) is 3.27. The van der Waals surface area contributed by atoms with Gasteiger partial charge in [0.2, 0.25) is 0 Å². The standard InChI is InChI=1S/C16H16BrNO3/c1-12(17)16(19)18(20)14-9-5-6-10-15(14)21-11-13-7-3-2-4-8-13/h2-10,12,20H,11H2,1H3. The Bertz CT molecular complexity index is 601. The number of hydroxylamine groups is 1. The van der Waals surface area contributed by atoms with E-state index in [1.54, 1.807) is 31.2 Å². The summed E-state index contributed by atoms with van der Waals surface area (Å²) in [7, 11) is 0. The van der Waals surface area contributed by atoms with Gasteiger partial charge in [-0.3, -0.25) is 10.0 Å².